The van der Waals surface area contributed by atoms with Crippen LogP contribution in [0, 0.1) is 0 Å². The van der Waals surface area contributed by atoms with Crippen molar-refractivity contribution in [3.63, 3.8) is 0 Å². The number of carboxylic acids is 1. The predicted molar refractivity (Wildman–Crippen MR) is 86.2 cm³/mol. The molecule has 0 spiro atoms. The number of aliphatic hydroxyl groups excluding tert-OH is 1. The van der Waals surface area contributed by atoms with Gasteiger partial charge in [0, 0.05) is 22.2 Å². The smallest absolute Gasteiger partial charge is 0.325 e. The Kier molecular flexibility index (Phi) is 5.80. The van der Waals surface area contributed by atoms with E-state index >= 15 is 0 Å². The van der Waals surface area contributed by atoms with E-state index in [9.17, 15) is 15.0 Å². The van der Waals surface area contributed by atoms with E-state index in [0.29, 0.717) is 21.2 Å². The van der Waals surface area contributed by atoms with Crippen molar-refractivity contribution >= 4 is 29.2 Å². The molecule has 0 fully saturated rings. The highest BCUT2D eigenvalue weighted by Crippen LogP contribution is 2.26. The highest BCUT2D eigenvalue weighted by Gasteiger charge is 2.21. The van der Waals surface area contributed by atoms with Gasteiger partial charge in [0.25, 0.3) is 0 Å². The van der Waals surface area contributed by atoms with Crippen molar-refractivity contribution in [2.24, 2.45) is 0 Å². The molecule has 0 aromatic heterocycles. The van der Waals surface area contributed by atoms with Gasteiger partial charge in [-0.1, -0.05) is 59.6 Å². The summed E-state index contributed by atoms with van der Waals surface area (Å²) in [6.45, 7) is 0.0488. The molecule has 3 N–H and O–H groups in total. The SMILES string of the molecule is O=C(O)C(NC[C@H](O)c1ccc(Cl)cc1Cl)c1ccccc1. The molecule has 0 bridgehead atoms. The first-order valence-electron chi connectivity index (χ1n) is 6.63. The van der Waals surface area contributed by atoms with E-state index in [1.54, 1.807) is 36.4 Å². The zero-order valence-electron chi connectivity index (χ0n) is 11.5. The molecule has 0 radical (unpaired) electrons. The molecule has 2 atom stereocenters. The van der Waals surface area contributed by atoms with E-state index in [1.165, 1.54) is 6.07 Å². The fourth-order valence-electron chi connectivity index (χ4n) is 2.10. The number of benzene rings is 2. The molecule has 1 unspecified atom stereocenters. The van der Waals surface area contributed by atoms with Crippen LogP contribution in [0.15, 0.2) is 48.5 Å². The lowest BCUT2D eigenvalue weighted by molar-refractivity contribution is -0.139. The van der Waals surface area contributed by atoms with Gasteiger partial charge in [-0.05, 0) is 17.7 Å². The Balaban J connectivity index is 2.08. The van der Waals surface area contributed by atoms with Crippen LogP contribution < -0.4 is 5.32 Å². The molecule has 0 aliphatic rings. The molecule has 2 aromatic rings. The summed E-state index contributed by atoms with van der Waals surface area (Å²) >= 11 is 11.8. The maximum absolute atomic E-state index is 11.4. The number of aliphatic carboxylic acids is 1. The summed E-state index contributed by atoms with van der Waals surface area (Å²) < 4.78 is 0. The van der Waals surface area contributed by atoms with Gasteiger partial charge in [-0.25, -0.2) is 0 Å². The molecule has 6 heteroatoms. The van der Waals surface area contributed by atoms with Gasteiger partial charge >= 0.3 is 5.97 Å². The first-order valence-corrected chi connectivity index (χ1v) is 7.39. The second-order valence-corrected chi connectivity index (χ2v) is 5.62. The molecule has 116 valence electrons. The standard InChI is InChI=1S/C16H15Cl2NO3/c17-11-6-7-12(13(18)8-11)14(20)9-19-15(16(21)22)10-4-2-1-3-5-10/h1-8,14-15,19-20H,9H2,(H,21,22)/t14-,15?/m0/s1. The maximum Gasteiger partial charge on any atom is 0.325 e. The maximum atomic E-state index is 11.4. The molecule has 22 heavy (non-hydrogen) atoms. The quantitative estimate of drug-likeness (QED) is 0.753. The van der Waals surface area contributed by atoms with Crippen molar-refractivity contribution in [2.75, 3.05) is 6.54 Å². The normalized spacial score (nSPS) is 13.6. The summed E-state index contributed by atoms with van der Waals surface area (Å²) in [5.41, 5.74) is 1.11. The Bertz CT molecular complexity index is 649. The zero-order chi connectivity index (χ0) is 16.1. The van der Waals surface area contributed by atoms with Crippen molar-refractivity contribution in [1.29, 1.82) is 0 Å². The van der Waals surface area contributed by atoms with Crippen molar-refractivity contribution in [3.05, 3.63) is 69.7 Å². The molecule has 0 heterocycles. The summed E-state index contributed by atoms with van der Waals surface area (Å²) in [5, 5.41) is 23.1. The lowest BCUT2D eigenvalue weighted by Crippen LogP contribution is -2.32. The fourth-order valence-corrected chi connectivity index (χ4v) is 2.64. The van der Waals surface area contributed by atoms with Crippen molar-refractivity contribution in [2.45, 2.75) is 12.1 Å². The lowest BCUT2D eigenvalue weighted by Gasteiger charge is -2.18. The lowest BCUT2D eigenvalue weighted by atomic mass is 10.1. The van der Waals surface area contributed by atoms with Crippen LogP contribution in [0.3, 0.4) is 0 Å². The Hall–Kier alpha value is -1.59. The van der Waals surface area contributed by atoms with Gasteiger partial charge in [0.1, 0.15) is 6.04 Å². The van der Waals surface area contributed by atoms with E-state index in [4.69, 9.17) is 23.2 Å². The number of nitrogens with one attached hydrogen (secondary N) is 1. The highest BCUT2D eigenvalue weighted by atomic mass is 35.5. The van der Waals surface area contributed by atoms with Crippen LogP contribution in [0.25, 0.3) is 0 Å². The van der Waals surface area contributed by atoms with Gasteiger partial charge in [-0.15, -0.1) is 0 Å². The fraction of sp³-hybridized carbons (Fsp3) is 0.188. The van der Waals surface area contributed by atoms with Crippen LogP contribution in [-0.4, -0.2) is 22.7 Å². The summed E-state index contributed by atoms with van der Waals surface area (Å²) in [7, 11) is 0. The molecule has 0 saturated heterocycles. The minimum Gasteiger partial charge on any atom is -0.480 e. The number of carboxylic acid groups (broad SMARTS) is 1. The first kappa shape index (κ1) is 16.8. The van der Waals surface area contributed by atoms with Gasteiger partial charge in [0.15, 0.2) is 0 Å². The van der Waals surface area contributed by atoms with E-state index < -0.39 is 18.1 Å². The average Bonchev–Trinajstić information content (AvgIpc) is 2.48. The molecule has 2 aromatic carbocycles. The summed E-state index contributed by atoms with van der Waals surface area (Å²) in [4.78, 5) is 11.4. The van der Waals surface area contributed by atoms with E-state index in [-0.39, 0.29) is 6.54 Å². The van der Waals surface area contributed by atoms with Crippen LogP contribution in [-0.2, 0) is 4.79 Å². The molecule has 0 saturated carbocycles. The van der Waals surface area contributed by atoms with Crippen molar-refractivity contribution < 1.29 is 15.0 Å². The van der Waals surface area contributed by atoms with Crippen LogP contribution >= 0.6 is 23.2 Å². The van der Waals surface area contributed by atoms with Gasteiger partial charge in [-0.3, -0.25) is 10.1 Å². The third-order valence-electron chi connectivity index (χ3n) is 3.22. The van der Waals surface area contributed by atoms with Crippen LogP contribution in [0.2, 0.25) is 10.0 Å². The largest absolute Gasteiger partial charge is 0.480 e. The number of hydrogen-bond donors (Lipinski definition) is 3. The van der Waals surface area contributed by atoms with E-state index in [0.717, 1.165) is 0 Å². The molecular weight excluding hydrogens is 325 g/mol. The molecular formula is C16H15Cl2NO3. The Morgan fingerprint density at radius 1 is 1.14 bits per heavy atom. The third-order valence-corrected chi connectivity index (χ3v) is 3.78. The predicted octanol–water partition coefficient (Wildman–Crippen LogP) is 3.44. The minimum atomic E-state index is -1.01. The van der Waals surface area contributed by atoms with Gasteiger partial charge < -0.3 is 10.2 Å². The number of rotatable bonds is 6. The summed E-state index contributed by atoms with van der Waals surface area (Å²) in [5.74, 6) is -1.01. The van der Waals surface area contributed by atoms with Crippen LogP contribution in [0.5, 0.6) is 0 Å². The van der Waals surface area contributed by atoms with Gasteiger partial charge in [0.2, 0.25) is 0 Å². The van der Waals surface area contributed by atoms with Crippen LogP contribution in [0.4, 0.5) is 0 Å². The highest BCUT2D eigenvalue weighted by molar-refractivity contribution is 6.35. The second kappa shape index (κ2) is 7.61. The first-order chi connectivity index (χ1) is 10.5. The summed E-state index contributed by atoms with van der Waals surface area (Å²) in [6.07, 6.45) is -0.935. The number of carbonyl (C=O) groups is 1. The molecule has 4 nitrogen and oxygen atoms in total. The molecule has 0 aliphatic heterocycles. The molecule has 0 amide bonds. The molecule has 2 rings (SSSR count). The Morgan fingerprint density at radius 2 is 1.82 bits per heavy atom. The van der Waals surface area contributed by atoms with Gasteiger partial charge in [-0.2, -0.15) is 0 Å². The zero-order valence-corrected chi connectivity index (χ0v) is 13.1. The minimum absolute atomic E-state index is 0.0488. The summed E-state index contributed by atoms with van der Waals surface area (Å²) in [6, 6.07) is 12.6. The van der Waals surface area contributed by atoms with Crippen molar-refractivity contribution in [1.82, 2.24) is 5.32 Å². The topological polar surface area (TPSA) is 69.6 Å². The number of aliphatic hydroxyl groups is 1. The second-order valence-electron chi connectivity index (χ2n) is 4.77. The van der Waals surface area contributed by atoms with E-state index in [2.05, 4.69) is 5.32 Å². The van der Waals surface area contributed by atoms with Crippen molar-refractivity contribution in [3.8, 4) is 0 Å². The van der Waals surface area contributed by atoms with Gasteiger partial charge in [0.05, 0.1) is 6.10 Å². The Labute approximate surface area is 138 Å². The Morgan fingerprint density at radius 3 is 2.41 bits per heavy atom. The third kappa shape index (κ3) is 4.21. The van der Waals surface area contributed by atoms with Crippen LogP contribution in [0.1, 0.15) is 23.3 Å². The number of halogens is 2. The monoisotopic (exact) mass is 339 g/mol. The van der Waals surface area contributed by atoms with E-state index in [1.807, 2.05) is 6.07 Å². The average molecular weight is 340 g/mol. The number of hydrogen-bond acceptors (Lipinski definition) is 3. The molecule has 0 aliphatic carbocycles.